The molecule has 5 nitrogen and oxygen atoms in total. The number of piperidine rings is 1. The number of carbonyl (C=O) groups is 2. The molecule has 0 unspecified atom stereocenters. The minimum atomic E-state index is -0.459. The average Bonchev–Trinajstić information content (AvgIpc) is 3.19. The summed E-state index contributed by atoms with van der Waals surface area (Å²) in [5, 5.41) is 0. The maximum Gasteiger partial charge on any atom is 0.338 e. The molecule has 1 aliphatic rings. The van der Waals surface area contributed by atoms with Crippen molar-refractivity contribution in [2.24, 2.45) is 5.92 Å². The Morgan fingerprint density at radius 2 is 2.00 bits per heavy atom. The van der Waals surface area contributed by atoms with Gasteiger partial charge in [-0.2, -0.15) is 0 Å². The zero-order valence-corrected chi connectivity index (χ0v) is 18.5. The van der Waals surface area contributed by atoms with E-state index in [1.165, 1.54) is 4.70 Å². The fourth-order valence-corrected chi connectivity index (χ4v) is 5.54. The normalized spacial score (nSPS) is 16.6. The first kappa shape index (κ1) is 20.9. The highest BCUT2D eigenvalue weighted by Gasteiger charge is 2.22. The van der Waals surface area contributed by atoms with Gasteiger partial charge in [0, 0.05) is 18.8 Å². The van der Waals surface area contributed by atoms with Gasteiger partial charge < -0.3 is 9.64 Å². The van der Waals surface area contributed by atoms with Crippen LogP contribution in [0.3, 0.4) is 0 Å². The number of benzene rings is 2. The summed E-state index contributed by atoms with van der Waals surface area (Å²) >= 11 is 3.37. The standard InChI is InChI=1S/C23H24N2O3S2/c1-16-5-4-12-25(13-16)21(26)14-28-22(27)18-10-8-17(9-11-18)15-29-23-24-19-6-2-3-7-20(19)30-23/h2-3,6-11,16H,4-5,12-15H2,1H3/t16-/m0/s1. The van der Waals surface area contributed by atoms with Gasteiger partial charge in [0.05, 0.1) is 15.8 Å². The van der Waals surface area contributed by atoms with Crippen molar-refractivity contribution >= 4 is 45.2 Å². The number of hydrogen-bond donors (Lipinski definition) is 0. The summed E-state index contributed by atoms with van der Waals surface area (Å²) in [6.45, 7) is 3.45. The van der Waals surface area contributed by atoms with E-state index in [2.05, 4.69) is 18.0 Å². The molecule has 0 N–H and O–H groups in total. The van der Waals surface area contributed by atoms with Gasteiger partial charge in [0.1, 0.15) is 0 Å². The molecule has 0 radical (unpaired) electrons. The van der Waals surface area contributed by atoms with E-state index in [9.17, 15) is 9.59 Å². The van der Waals surface area contributed by atoms with Crippen LogP contribution in [0.5, 0.6) is 0 Å². The molecule has 156 valence electrons. The molecule has 1 aliphatic heterocycles. The molecule has 1 amide bonds. The second-order valence-electron chi connectivity index (χ2n) is 7.60. The summed E-state index contributed by atoms with van der Waals surface area (Å²) in [4.78, 5) is 31.0. The van der Waals surface area contributed by atoms with Gasteiger partial charge in [0.2, 0.25) is 0 Å². The first-order valence-electron chi connectivity index (χ1n) is 10.1. The van der Waals surface area contributed by atoms with Crippen LogP contribution < -0.4 is 0 Å². The number of hydrogen-bond acceptors (Lipinski definition) is 6. The summed E-state index contributed by atoms with van der Waals surface area (Å²) < 4.78 is 7.46. The van der Waals surface area contributed by atoms with Gasteiger partial charge in [0.25, 0.3) is 5.91 Å². The predicted molar refractivity (Wildman–Crippen MR) is 121 cm³/mol. The fraction of sp³-hybridized carbons (Fsp3) is 0.348. The van der Waals surface area contributed by atoms with E-state index in [1.54, 1.807) is 40.1 Å². The van der Waals surface area contributed by atoms with Crippen LogP contribution in [-0.4, -0.2) is 41.5 Å². The zero-order valence-electron chi connectivity index (χ0n) is 16.9. The smallest absolute Gasteiger partial charge is 0.338 e. The maximum atomic E-state index is 12.3. The van der Waals surface area contributed by atoms with Crippen molar-refractivity contribution in [3.8, 4) is 0 Å². The minimum absolute atomic E-state index is 0.112. The van der Waals surface area contributed by atoms with Crippen LogP contribution >= 0.6 is 23.1 Å². The van der Waals surface area contributed by atoms with E-state index in [-0.39, 0.29) is 12.5 Å². The summed E-state index contributed by atoms with van der Waals surface area (Å²) in [5.74, 6) is 0.713. The lowest BCUT2D eigenvalue weighted by atomic mass is 10.0. The van der Waals surface area contributed by atoms with E-state index in [0.717, 1.165) is 47.1 Å². The molecule has 7 heteroatoms. The number of carbonyl (C=O) groups excluding carboxylic acids is 2. The van der Waals surface area contributed by atoms with Crippen molar-refractivity contribution in [3.63, 3.8) is 0 Å². The zero-order chi connectivity index (χ0) is 20.9. The highest BCUT2D eigenvalue weighted by Crippen LogP contribution is 2.31. The number of nitrogens with zero attached hydrogens (tertiary/aromatic N) is 2. The van der Waals surface area contributed by atoms with Gasteiger partial charge >= 0.3 is 5.97 Å². The summed E-state index contributed by atoms with van der Waals surface area (Å²) in [6, 6.07) is 15.5. The van der Waals surface area contributed by atoms with Crippen LogP contribution in [-0.2, 0) is 15.3 Å². The molecule has 3 aromatic rings. The number of fused-ring (bicyclic) bond motifs is 1. The van der Waals surface area contributed by atoms with E-state index < -0.39 is 5.97 Å². The Bertz CT molecular complexity index is 999. The highest BCUT2D eigenvalue weighted by molar-refractivity contribution is 8.00. The molecule has 4 rings (SSSR count). The largest absolute Gasteiger partial charge is 0.452 e. The summed E-state index contributed by atoms with van der Waals surface area (Å²) in [5.41, 5.74) is 2.59. The van der Waals surface area contributed by atoms with E-state index in [1.807, 2.05) is 30.3 Å². The molecule has 30 heavy (non-hydrogen) atoms. The first-order chi connectivity index (χ1) is 14.6. The second-order valence-corrected chi connectivity index (χ2v) is 9.85. The van der Waals surface area contributed by atoms with E-state index in [4.69, 9.17) is 4.74 Å². The van der Waals surface area contributed by atoms with Gasteiger partial charge in [-0.05, 0) is 48.6 Å². The van der Waals surface area contributed by atoms with Crippen LogP contribution in [0.2, 0.25) is 0 Å². The lowest BCUT2D eigenvalue weighted by Crippen LogP contribution is -2.41. The summed E-state index contributed by atoms with van der Waals surface area (Å²) in [7, 11) is 0. The van der Waals surface area contributed by atoms with Crippen LogP contribution in [0.4, 0.5) is 0 Å². The molecular weight excluding hydrogens is 416 g/mol. The first-order valence-corrected chi connectivity index (χ1v) is 11.9. The van der Waals surface area contributed by atoms with E-state index >= 15 is 0 Å². The fourth-order valence-electron chi connectivity index (χ4n) is 3.51. The molecule has 0 bridgehead atoms. The van der Waals surface area contributed by atoms with Crippen molar-refractivity contribution in [2.75, 3.05) is 19.7 Å². The number of amides is 1. The van der Waals surface area contributed by atoms with Crippen LogP contribution in [0.25, 0.3) is 10.2 Å². The Labute approximate surface area is 184 Å². The highest BCUT2D eigenvalue weighted by atomic mass is 32.2. The molecular formula is C23H24N2O3S2. The quantitative estimate of drug-likeness (QED) is 0.399. The van der Waals surface area contributed by atoms with Crippen LogP contribution in [0.15, 0.2) is 52.9 Å². The molecule has 1 atom stereocenters. The van der Waals surface area contributed by atoms with Gasteiger partial charge in [0.15, 0.2) is 10.9 Å². The Balaban J connectivity index is 1.27. The molecule has 2 aromatic carbocycles. The monoisotopic (exact) mass is 440 g/mol. The number of thiazole rings is 1. The molecule has 0 saturated carbocycles. The number of likely N-dealkylation sites (tertiary alicyclic amines) is 1. The molecule has 0 aliphatic carbocycles. The Kier molecular flexibility index (Phi) is 6.69. The topological polar surface area (TPSA) is 59.5 Å². The van der Waals surface area contributed by atoms with Gasteiger partial charge in [-0.3, -0.25) is 4.79 Å². The number of thioether (sulfide) groups is 1. The number of rotatable bonds is 6. The maximum absolute atomic E-state index is 12.3. The molecule has 1 saturated heterocycles. The third kappa shape index (κ3) is 5.21. The molecule has 1 aromatic heterocycles. The van der Waals surface area contributed by atoms with Gasteiger partial charge in [-0.1, -0.05) is 43.0 Å². The predicted octanol–water partition coefficient (Wildman–Crippen LogP) is 5.00. The van der Waals surface area contributed by atoms with Gasteiger partial charge in [-0.25, -0.2) is 9.78 Å². The lowest BCUT2D eigenvalue weighted by molar-refractivity contribution is -0.136. The van der Waals surface area contributed by atoms with Crippen molar-refractivity contribution in [1.29, 1.82) is 0 Å². The molecule has 1 fully saturated rings. The average molecular weight is 441 g/mol. The van der Waals surface area contributed by atoms with Crippen molar-refractivity contribution in [3.05, 3.63) is 59.7 Å². The Morgan fingerprint density at radius 3 is 2.77 bits per heavy atom. The van der Waals surface area contributed by atoms with Crippen molar-refractivity contribution < 1.29 is 14.3 Å². The number of esters is 1. The van der Waals surface area contributed by atoms with Crippen molar-refractivity contribution in [1.82, 2.24) is 9.88 Å². The number of aromatic nitrogens is 1. The SMILES string of the molecule is C[C@H]1CCCN(C(=O)COC(=O)c2ccc(CSc3nc4ccccc4s3)cc2)C1. The van der Waals surface area contributed by atoms with Crippen LogP contribution in [0.1, 0.15) is 35.7 Å². The second kappa shape index (κ2) is 9.62. The number of ether oxygens (including phenoxy) is 1. The third-order valence-corrected chi connectivity index (χ3v) is 7.41. The Morgan fingerprint density at radius 1 is 1.20 bits per heavy atom. The molecule has 2 heterocycles. The number of para-hydroxylation sites is 1. The summed E-state index contributed by atoms with van der Waals surface area (Å²) in [6.07, 6.45) is 2.16. The lowest BCUT2D eigenvalue weighted by Gasteiger charge is -2.30. The molecule has 0 spiro atoms. The van der Waals surface area contributed by atoms with E-state index in [0.29, 0.717) is 11.5 Å². The van der Waals surface area contributed by atoms with Gasteiger partial charge in [-0.15, -0.1) is 11.3 Å². The minimum Gasteiger partial charge on any atom is -0.452 e. The Hall–Kier alpha value is -2.38. The third-order valence-electron chi connectivity index (χ3n) is 5.16. The van der Waals surface area contributed by atoms with Crippen LogP contribution in [0, 0.1) is 5.92 Å². The van der Waals surface area contributed by atoms with Crippen molar-refractivity contribution in [2.45, 2.75) is 29.9 Å².